The molecule has 1 aromatic carbocycles. The molecule has 3 atom stereocenters. The van der Waals surface area contributed by atoms with Gasteiger partial charge in [0.25, 0.3) is 5.91 Å². The van der Waals surface area contributed by atoms with Gasteiger partial charge in [-0.3, -0.25) is 4.79 Å². The van der Waals surface area contributed by atoms with Crippen LogP contribution in [0.15, 0.2) is 30.0 Å². The Bertz CT molecular complexity index is 801. The van der Waals surface area contributed by atoms with Crippen LogP contribution >= 0.6 is 0 Å². The van der Waals surface area contributed by atoms with Crippen molar-refractivity contribution in [3.05, 3.63) is 35.6 Å². The molecule has 0 aromatic heterocycles. The molecule has 3 rings (SSSR count). The van der Waals surface area contributed by atoms with Crippen molar-refractivity contribution in [1.29, 1.82) is 0 Å². The van der Waals surface area contributed by atoms with E-state index in [9.17, 15) is 4.79 Å². The molecule has 2 N–H and O–H groups in total. The highest BCUT2D eigenvalue weighted by Crippen LogP contribution is 2.42. The summed E-state index contributed by atoms with van der Waals surface area (Å²) < 4.78 is 38.9. The second-order valence-electron chi connectivity index (χ2n) is 7.76. The molecule has 1 amide bonds. The van der Waals surface area contributed by atoms with E-state index in [0.717, 1.165) is 5.56 Å². The van der Waals surface area contributed by atoms with Crippen LogP contribution in [0.3, 0.4) is 0 Å². The van der Waals surface area contributed by atoms with Gasteiger partial charge in [-0.1, -0.05) is 6.07 Å². The number of carbonyl (C=O) groups is 1. The molecule has 190 valence electrons. The standard InChI is InChI=1S/C24H35NO9/c1-3-31-24-18(6-9-29-12-13-30-11-8-26)19(15-22(34-24)23(27)25-7-10-28-2)17-4-5-20-21(14-17)33-16-32-20/h4-5,14-15,18-19,24,26H,3,6-13,16H2,1-2H3,(H,25,27)/t18-,19+,24+/m0/s1. The molecule has 34 heavy (non-hydrogen) atoms. The van der Waals surface area contributed by atoms with E-state index in [-0.39, 0.29) is 36.9 Å². The largest absolute Gasteiger partial charge is 0.459 e. The highest BCUT2D eigenvalue weighted by Gasteiger charge is 2.38. The van der Waals surface area contributed by atoms with Crippen LogP contribution in [0.25, 0.3) is 0 Å². The first-order valence-electron chi connectivity index (χ1n) is 11.6. The smallest absolute Gasteiger partial charge is 0.286 e. The average molecular weight is 482 g/mol. The molecule has 2 heterocycles. The summed E-state index contributed by atoms with van der Waals surface area (Å²) in [6.07, 6.45) is 1.85. The first kappa shape index (κ1) is 26.2. The molecule has 0 saturated carbocycles. The Morgan fingerprint density at radius 1 is 1.12 bits per heavy atom. The monoisotopic (exact) mass is 481 g/mol. The maximum atomic E-state index is 12.8. The highest BCUT2D eigenvalue weighted by molar-refractivity contribution is 5.91. The zero-order valence-corrected chi connectivity index (χ0v) is 19.8. The second-order valence-corrected chi connectivity index (χ2v) is 7.76. The number of methoxy groups -OCH3 is 1. The quantitative estimate of drug-likeness (QED) is 0.360. The van der Waals surface area contributed by atoms with E-state index in [1.54, 1.807) is 7.11 Å². The lowest BCUT2D eigenvalue weighted by molar-refractivity contribution is -0.168. The predicted molar refractivity (Wildman–Crippen MR) is 122 cm³/mol. The summed E-state index contributed by atoms with van der Waals surface area (Å²) in [5.74, 6) is 0.996. The third-order valence-corrected chi connectivity index (χ3v) is 5.52. The van der Waals surface area contributed by atoms with Crippen LogP contribution in [0, 0.1) is 5.92 Å². The number of benzene rings is 1. The summed E-state index contributed by atoms with van der Waals surface area (Å²) in [6.45, 7) is 4.86. The molecule has 0 radical (unpaired) electrons. The van der Waals surface area contributed by atoms with E-state index >= 15 is 0 Å². The van der Waals surface area contributed by atoms with Crippen LogP contribution in [0.2, 0.25) is 0 Å². The molecule has 0 bridgehead atoms. The van der Waals surface area contributed by atoms with Gasteiger partial charge in [-0.05, 0) is 37.1 Å². The highest BCUT2D eigenvalue weighted by atomic mass is 16.7. The van der Waals surface area contributed by atoms with Gasteiger partial charge in [-0.2, -0.15) is 0 Å². The van der Waals surface area contributed by atoms with Crippen molar-refractivity contribution in [2.45, 2.75) is 25.6 Å². The Kier molecular flexibility index (Phi) is 10.9. The molecule has 2 aliphatic rings. The van der Waals surface area contributed by atoms with Gasteiger partial charge in [0.2, 0.25) is 13.1 Å². The van der Waals surface area contributed by atoms with E-state index in [1.165, 1.54) is 0 Å². The van der Waals surface area contributed by atoms with Crippen LogP contribution in [-0.2, 0) is 28.5 Å². The van der Waals surface area contributed by atoms with Crippen molar-refractivity contribution >= 4 is 5.91 Å². The molecular weight excluding hydrogens is 446 g/mol. The number of aliphatic hydroxyl groups is 1. The third-order valence-electron chi connectivity index (χ3n) is 5.52. The minimum Gasteiger partial charge on any atom is -0.459 e. The van der Waals surface area contributed by atoms with Gasteiger partial charge in [-0.25, -0.2) is 0 Å². The fourth-order valence-corrected chi connectivity index (χ4v) is 3.90. The molecular formula is C24H35NO9. The van der Waals surface area contributed by atoms with Crippen LogP contribution in [-0.4, -0.2) is 84.0 Å². The molecule has 10 heteroatoms. The minimum absolute atomic E-state index is 0.0135. The topological polar surface area (TPSA) is 114 Å². The number of hydrogen-bond acceptors (Lipinski definition) is 9. The zero-order chi connectivity index (χ0) is 24.2. The number of nitrogens with one attached hydrogen (secondary N) is 1. The number of carbonyl (C=O) groups excluding carboxylic acids is 1. The summed E-state index contributed by atoms with van der Waals surface area (Å²) in [4.78, 5) is 12.8. The van der Waals surface area contributed by atoms with Crippen molar-refractivity contribution in [2.24, 2.45) is 5.92 Å². The third kappa shape index (κ3) is 7.31. The Morgan fingerprint density at radius 3 is 2.68 bits per heavy atom. The van der Waals surface area contributed by atoms with Gasteiger partial charge >= 0.3 is 0 Å². The predicted octanol–water partition coefficient (Wildman–Crippen LogP) is 1.57. The Hall–Kier alpha value is -2.37. The molecule has 0 fully saturated rings. The van der Waals surface area contributed by atoms with Crippen LogP contribution in [0.1, 0.15) is 24.8 Å². The van der Waals surface area contributed by atoms with Gasteiger partial charge in [0, 0.05) is 38.7 Å². The van der Waals surface area contributed by atoms with Crippen molar-refractivity contribution in [1.82, 2.24) is 5.32 Å². The fraction of sp³-hybridized carbons (Fsp3) is 0.625. The molecule has 0 spiro atoms. The summed E-state index contributed by atoms with van der Waals surface area (Å²) in [5, 5.41) is 11.6. The normalized spacial score (nSPS) is 21.1. The lowest BCUT2D eigenvalue weighted by Crippen LogP contribution is -2.40. The van der Waals surface area contributed by atoms with E-state index in [0.29, 0.717) is 64.1 Å². The van der Waals surface area contributed by atoms with Crippen molar-refractivity contribution in [3.8, 4) is 11.5 Å². The number of rotatable bonds is 15. The van der Waals surface area contributed by atoms with Gasteiger partial charge in [-0.15, -0.1) is 0 Å². The van der Waals surface area contributed by atoms with Crippen molar-refractivity contribution in [3.63, 3.8) is 0 Å². The summed E-state index contributed by atoms with van der Waals surface area (Å²) >= 11 is 0. The fourth-order valence-electron chi connectivity index (χ4n) is 3.90. The van der Waals surface area contributed by atoms with E-state index < -0.39 is 6.29 Å². The number of aliphatic hydroxyl groups excluding tert-OH is 1. The SMILES string of the molecule is CCO[C@@H]1OC(C(=O)NCCOC)=C[C@H](c2ccc3c(c2)OCO3)[C@@H]1CCOCCOCCO. The lowest BCUT2D eigenvalue weighted by Gasteiger charge is -2.37. The van der Waals surface area contributed by atoms with E-state index in [1.807, 2.05) is 31.2 Å². The van der Waals surface area contributed by atoms with Crippen LogP contribution < -0.4 is 14.8 Å². The Morgan fingerprint density at radius 2 is 1.91 bits per heavy atom. The maximum Gasteiger partial charge on any atom is 0.286 e. The average Bonchev–Trinajstić information content (AvgIpc) is 3.32. The van der Waals surface area contributed by atoms with Gasteiger partial charge in [0.1, 0.15) is 0 Å². The Balaban J connectivity index is 1.77. The first-order chi connectivity index (χ1) is 16.7. The number of ether oxygens (including phenoxy) is 7. The molecule has 0 saturated heterocycles. The number of amides is 1. The zero-order valence-electron chi connectivity index (χ0n) is 19.8. The van der Waals surface area contributed by atoms with Gasteiger partial charge in [0.05, 0.1) is 33.0 Å². The van der Waals surface area contributed by atoms with Gasteiger partial charge < -0.3 is 43.6 Å². The van der Waals surface area contributed by atoms with Crippen LogP contribution in [0.5, 0.6) is 11.5 Å². The number of hydrogen-bond donors (Lipinski definition) is 2. The molecule has 1 aromatic rings. The summed E-state index contributed by atoms with van der Waals surface area (Å²) in [7, 11) is 1.58. The summed E-state index contributed by atoms with van der Waals surface area (Å²) in [5.41, 5.74) is 0.968. The number of fused-ring (bicyclic) bond motifs is 1. The van der Waals surface area contributed by atoms with Gasteiger partial charge in [0.15, 0.2) is 17.3 Å². The minimum atomic E-state index is -0.622. The molecule has 0 aliphatic carbocycles. The molecule has 10 nitrogen and oxygen atoms in total. The van der Waals surface area contributed by atoms with Crippen molar-refractivity contribution < 1.29 is 43.1 Å². The first-order valence-corrected chi connectivity index (χ1v) is 11.6. The summed E-state index contributed by atoms with van der Waals surface area (Å²) in [6, 6.07) is 5.79. The van der Waals surface area contributed by atoms with Crippen LogP contribution in [0.4, 0.5) is 0 Å². The van der Waals surface area contributed by atoms with E-state index in [2.05, 4.69) is 5.32 Å². The van der Waals surface area contributed by atoms with E-state index in [4.69, 9.17) is 38.3 Å². The molecule has 0 unspecified atom stereocenters. The maximum absolute atomic E-state index is 12.8. The number of allylic oxidation sites excluding steroid dienone is 1. The lowest BCUT2D eigenvalue weighted by atomic mass is 9.81. The molecule has 2 aliphatic heterocycles. The second kappa shape index (κ2) is 14.1. The van der Waals surface area contributed by atoms with Crippen molar-refractivity contribution in [2.75, 3.05) is 66.7 Å². The Labute approximate surface area is 200 Å².